The molecule has 1 heterocycles. The van der Waals surface area contributed by atoms with E-state index >= 15 is 0 Å². The van der Waals surface area contributed by atoms with Crippen LogP contribution in [-0.2, 0) is 0 Å². The van der Waals surface area contributed by atoms with Crippen molar-refractivity contribution < 1.29 is 4.74 Å². The summed E-state index contributed by atoms with van der Waals surface area (Å²) in [5, 5.41) is 3.18. The largest absolute Gasteiger partial charge is 0.492 e. The van der Waals surface area contributed by atoms with E-state index in [0.717, 1.165) is 17.1 Å². The van der Waals surface area contributed by atoms with Crippen LogP contribution >= 0.6 is 12.2 Å². The van der Waals surface area contributed by atoms with Gasteiger partial charge in [-0.3, -0.25) is 0 Å². The molecule has 0 aliphatic carbocycles. The lowest BCUT2D eigenvalue weighted by Crippen LogP contribution is -2.13. The zero-order chi connectivity index (χ0) is 14.4. The molecular formula is C15H17N3OS. The highest BCUT2D eigenvalue weighted by atomic mass is 32.1. The van der Waals surface area contributed by atoms with Crippen molar-refractivity contribution >= 4 is 23.0 Å². The zero-order valence-corrected chi connectivity index (χ0v) is 12.1. The van der Waals surface area contributed by atoms with Crippen LogP contribution < -0.4 is 15.8 Å². The van der Waals surface area contributed by atoms with Crippen LogP contribution in [0.25, 0.3) is 0 Å². The standard InChI is InChI=1S/C15H17N3OS/c1-11-3-2-4-13(9-11)19-8-7-17-14-6-5-12(10-18-14)15(16)20/h2-6,9-10H,7-8H2,1H3,(H2,16,20)(H,17,18). The van der Waals surface area contributed by atoms with Gasteiger partial charge in [0.15, 0.2) is 0 Å². The van der Waals surface area contributed by atoms with Crippen LogP contribution in [0.5, 0.6) is 5.75 Å². The summed E-state index contributed by atoms with van der Waals surface area (Å²) in [6, 6.07) is 11.7. The highest BCUT2D eigenvalue weighted by Gasteiger charge is 1.98. The van der Waals surface area contributed by atoms with Gasteiger partial charge in [0.2, 0.25) is 0 Å². The number of nitrogens with one attached hydrogen (secondary N) is 1. The summed E-state index contributed by atoms with van der Waals surface area (Å²) in [7, 11) is 0. The summed E-state index contributed by atoms with van der Waals surface area (Å²) in [6.45, 7) is 3.29. The van der Waals surface area contributed by atoms with Gasteiger partial charge in [0, 0.05) is 11.8 Å². The number of aryl methyl sites for hydroxylation is 1. The minimum Gasteiger partial charge on any atom is -0.492 e. The number of thiocarbonyl (C=S) groups is 1. The minimum atomic E-state index is 0.354. The van der Waals surface area contributed by atoms with Crippen molar-refractivity contribution in [1.29, 1.82) is 0 Å². The number of hydrogen-bond donors (Lipinski definition) is 2. The molecule has 2 aromatic rings. The molecule has 4 nitrogen and oxygen atoms in total. The van der Waals surface area contributed by atoms with Gasteiger partial charge >= 0.3 is 0 Å². The minimum absolute atomic E-state index is 0.354. The van der Waals surface area contributed by atoms with E-state index in [2.05, 4.69) is 10.3 Å². The van der Waals surface area contributed by atoms with Crippen LogP contribution in [0.3, 0.4) is 0 Å². The number of pyridine rings is 1. The first-order chi connectivity index (χ1) is 9.65. The van der Waals surface area contributed by atoms with E-state index in [-0.39, 0.29) is 0 Å². The molecule has 2 rings (SSSR count). The number of nitrogens with two attached hydrogens (primary N) is 1. The number of benzene rings is 1. The van der Waals surface area contributed by atoms with Gasteiger partial charge in [-0.15, -0.1) is 0 Å². The predicted molar refractivity (Wildman–Crippen MR) is 85.3 cm³/mol. The van der Waals surface area contributed by atoms with Crippen LogP contribution in [0.2, 0.25) is 0 Å². The number of anilines is 1. The Hall–Kier alpha value is -2.14. The van der Waals surface area contributed by atoms with Crippen molar-refractivity contribution in [2.24, 2.45) is 5.73 Å². The third-order valence-electron chi connectivity index (χ3n) is 2.71. The van der Waals surface area contributed by atoms with Crippen molar-refractivity contribution in [3.05, 3.63) is 53.7 Å². The summed E-state index contributed by atoms with van der Waals surface area (Å²) < 4.78 is 5.64. The van der Waals surface area contributed by atoms with Gasteiger partial charge in [0.1, 0.15) is 23.2 Å². The van der Waals surface area contributed by atoms with Crippen LogP contribution in [0.4, 0.5) is 5.82 Å². The van der Waals surface area contributed by atoms with Crippen molar-refractivity contribution in [3.63, 3.8) is 0 Å². The second kappa shape index (κ2) is 6.86. The number of hydrogen-bond acceptors (Lipinski definition) is 4. The Bertz CT molecular complexity index is 584. The second-order valence-corrected chi connectivity index (χ2v) is 4.83. The molecule has 3 N–H and O–H groups in total. The molecule has 5 heteroatoms. The lowest BCUT2D eigenvalue weighted by atomic mass is 10.2. The summed E-state index contributed by atoms with van der Waals surface area (Å²) in [5.41, 5.74) is 7.46. The Labute approximate surface area is 124 Å². The lowest BCUT2D eigenvalue weighted by molar-refractivity contribution is 0.332. The molecule has 104 valence electrons. The van der Waals surface area contributed by atoms with E-state index in [9.17, 15) is 0 Å². The molecule has 0 saturated heterocycles. The number of ether oxygens (including phenoxy) is 1. The average molecular weight is 287 g/mol. The highest BCUT2D eigenvalue weighted by Crippen LogP contribution is 2.12. The van der Waals surface area contributed by atoms with Gasteiger partial charge in [0.25, 0.3) is 0 Å². The van der Waals surface area contributed by atoms with E-state index < -0.39 is 0 Å². The second-order valence-electron chi connectivity index (χ2n) is 4.39. The average Bonchev–Trinajstić information content (AvgIpc) is 2.44. The zero-order valence-electron chi connectivity index (χ0n) is 11.3. The molecule has 0 amide bonds. The molecule has 0 aliphatic rings. The fourth-order valence-electron chi connectivity index (χ4n) is 1.70. The molecule has 0 atom stereocenters. The molecule has 1 aromatic carbocycles. The fourth-order valence-corrected chi connectivity index (χ4v) is 1.82. The molecular weight excluding hydrogens is 270 g/mol. The Morgan fingerprint density at radius 2 is 2.20 bits per heavy atom. The first kappa shape index (κ1) is 14.3. The smallest absolute Gasteiger partial charge is 0.126 e. The van der Waals surface area contributed by atoms with Crippen LogP contribution in [-0.4, -0.2) is 23.1 Å². The molecule has 20 heavy (non-hydrogen) atoms. The molecule has 0 radical (unpaired) electrons. The molecule has 0 spiro atoms. The third-order valence-corrected chi connectivity index (χ3v) is 2.95. The summed E-state index contributed by atoms with van der Waals surface area (Å²) in [5.74, 6) is 1.65. The number of nitrogens with zero attached hydrogens (tertiary/aromatic N) is 1. The van der Waals surface area contributed by atoms with Gasteiger partial charge in [0.05, 0.1) is 6.54 Å². The quantitative estimate of drug-likeness (QED) is 0.631. The van der Waals surface area contributed by atoms with Crippen molar-refractivity contribution in [3.8, 4) is 5.75 Å². The van der Waals surface area contributed by atoms with Crippen molar-refractivity contribution in [1.82, 2.24) is 4.98 Å². The normalized spacial score (nSPS) is 10.1. The first-order valence-corrected chi connectivity index (χ1v) is 6.75. The Balaban J connectivity index is 1.77. The van der Waals surface area contributed by atoms with E-state index in [1.165, 1.54) is 5.56 Å². The van der Waals surface area contributed by atoms with Gasteiger partial charge < -0.3 is 15.8 Å². The Morgan fingerprint density at radius 3 is 2.85 bits per heavy atom. The first-order valence-electron chi connectivity index (χ1n) is 6.34. The SMILES string of the molecule is Cc1cccc(OCCNc2ccc(C(N)=S)cn2)c1. The van der Waals surface area contributed by atoms with Gasteiger partial charge in [-0.2, -0.15) is 0 Å². The summed E-state index contributed by atoms with van der Waals surface area (Å²) in [6.07, 6.45) is 1.66. The maximum absolute atomic E-state index is 5.64. The maximum atomic E-state index is 5.64. The van der Waals surface area contributed by atoms with Gasteiger partial charge in [-0.05, 0) is 36.8 Å². The van der Waals surface area contributed by atoms with Crippen LogP contribution in [0.1, 0.15) is 11.1 Å². The summed E-state index contributed by atoms with van der Waals surface area (Å²) in [4.78, 5) is 4.58. The molecule has 0 bridgehead atoms. The van der Waals surface area contributed by atoms with E-state index in [1.54, 1.807) is 6.20 Å². The fraction of sp³-hybridized carbons (Fsp3) is 0.200. The number of rotatable bonds is 6. The third kappa shape index (κ3) is 4.20. The molecule has 0 unspecified atom stereocenters. The van der Waals surface area contributed by atoms with E-state index in [1.807, 2.05) is 43.3 Å². The molecule has 0 saturated carbocycles. The monoisotopic (exact) mass is 287 g/mol. The van der Waals surface area contributed by atoms with Crippen molar-refractivity contribution in [2.75, 3.05) is 18.5 Å². The highest BCUT2D eigenvalue weighted by molar-refractivity contribution is 7.80. The summed E-state index contributed by atoms with van der Waals surface area (Å²) >= 11 is 4.87. The predicted octanol–water partition coefficient (Wildman–Crippen LogP) is 2.52. The lowest BCUT2D eigenvalue weighted by Gasteiger charge is -2.09. The molecule has 1 aromatic heterocycles. The Morgan fingerprint density at radius 1 is 1.35 bits per heavy atom. The van der Waals surface area contributed by atoms with Crippen LogP contribution in [0, 0.1) is 6.92 Å². The Kier molecular flexibility index (Phi) is 4.90. The van der Waals surface area contributed by atoms with Crippen LogP contribution in [0.15, 0.2) is 42.6 Å². The van der Waals surface area contributed by atoms with E-state index in [4.69, 9.17) is 22.7 Å². The number of aromatic nitrogens is 1. The van der Waals surface area contributed by atoms with E-state index in [0.29, 0.717) is 18.1 Å². The molecule has 0 aliphatic heterocycles. The van der Waals surface area contributed by atoms with Gasteiger partial charge in [-0.25, -0.2) is 4.98 Å². The molecule has 0 fully saturated rings. The van der Waals surface area contributed by atoms with Crippen molar-refractivity contribution in [2.45, 2.75) is 6.92 Å². The topological polar surface area (TPSA) is 60.2 Å². The van der Waals surface area contributed by atoms with Gasteiger partial charge in [-0.1, -0.05) is 24.4 Å². The maximum Gasteiger partial charge on any atom is 0.126 e.